The van der Waals surface area contributed by atoms with Crippen molar-refractivity contribution in [1.29, 1.82) is 0 Å². The van der Waals surface area contributed by atoms with Gasteiger partial charge in [0.05, 0.1) is 18.4 Å². The summed E-state index contributed by atoms with van der Waals surface area (Å²) in [5.74, 6) is 0. The molecule has 2 amide bonds. The van der Waals surface area contributed by atoms with Crippen LogP contribution >= 0.6 is 0 Å². The van der Waals surface area contributed by atoms with Gasteiger partial charge in [0.1, 0.15) is 30.4 Å². The molecule has 2 saturated heterocycles. The predicted octanol–water partition coefficient (Wildman–Crippen LogP) is 6.12. The van der Waals surface area contributed by atoms with E-state index in [0.29, 0.717) is 26.0 Å². The SMILES string of the molecule is CC1=CC(NCCc2cn(C(=O)OC(C)(C)C)cn2)NC(=O)N1[C@H]1C[C@@H]2O[Si](C(C)C)(C(C)C)O[Si](C(C)C)(C(C)C)OC[C@H]2O1. The first-order valence-corrected chi connectivity index (χ1v) is 20.8. The fraction of sp³-hybridized carbons (Fsp3) is 0.781. The van der Waals surface area contributed by atoms with Gasteiger partial charge >= 0.3 is 29.2 Å². The van der Waals surface area contributed by atoms with E-state index < -0.39 is 35.0 Å². The molecule has 1 aromatic heterocycles. The molecule has 0 spiro atoms. The van der Waals surface area contributed by atoms with Crippen LogP contribution in [0.5, 0.6) is 0 Å². The molecule has 0 radical (unpaired) electrons. The summed E-state index contributed by atoms with van der Waals surface area (Å²) in [6.07, 6.45) is 4.40. The monoisotopic (exact) mass is 679 g/mol. The maximum absolute atomic E-state index is 13.5. The average molecular weight is 680 g/mol. The second-order valence-electron chi connectivity index (χ2n) is 15.1. The van der Waals surface area contributed by atoms with Gasteiger partial charge in [0.2, 0.25) is 0 Å². The van der Waals surface area contributed by atoms with Gasteiger partial charge < -0.3 is 27.8 Å². The maximum Gasteiger partial charge on any atom is 0.419 e. The highest BCUT2D eigenvalue weighted by molar-refractivity contribution is 6.84. The summed E-state index contributed by atoms with van der Waals surface area (Å²) in [5.41, 5.74) is 1.89. The van der Waals surface area contributed by atoms with E-state index in [4.69, 9.17) is 22.4 Å². The Kier molecular flexibility index (Phi) is 11.3. The van der Waals surface area contributed by atoms with Crippen molar-refractivity contribution >= 4 is 29.2 Å². The van der Waals surface area contributed by atoms with Crippen molar-refractivity contribution in [3.63, 3.8) is 0 Å². The number of imidazole rings is 1. The number of rotatable bonds is 9. The third-order valence-corrected chi connectivity index (χ3v) is 19.4. The van der Waals surface area contributed by atoms with E-state index in [1.165, 1.54) is 10.9 Å². The quantitative estimate of drug-likeness (QED) is 0.297. The molecule has 3 aliphatic heterocycles. The summed E-state index contributed by atoms with van der Waals surface area (Å²) in [4.78, 5) is 31.8. The molecule has 1 unspecified atom stereocenters. The molecule has 260 valence electrons. The summed E-state index contributed by atoms with van der Waals surface area (Å²) in [6.45, 7) is 26.0. The number of carbonyl (C=O) groups excluding carboxylic acids is 2. The minimum atomic E-state index is -2.77. The van der Waals surface area contributed by atoms with Crippen LogP contribution in [0, 0.1) is 0 Å². The highest BCUT2D eigenvalue weighted by atomic mass is 28.5. The van der Waals surface area contributed by atoms with Gasteiger partial charge in [0.25, 0.3) is 0 Å². The van der Waals surface area contributed by atoms with Crippen LogP contribution in [0.3, 0.4) is 0 Å². The second kappa shape index (κ2) is 14.2. The Balaban J connectivity index is 1.43. The van der Waals surface area contributed by atoms with E-state index in [-0.39, 0.29) is 46.6 Å². The Bertz CT molecular complexity index is 1250. The molecule has 4 heterocycles. The molecular weight excluding hydrogens is 623 g/mol. The minimum absolute atomic E-state index is 0.219. The molecule has 4 atom stereocenters. The minimum Gasteiger partial charge on any atom is -0.443 e. The molecule has 0 saturated carbocycles. The molecular formula is C32H57N5O7Si2. The zero-order chi connectivity index (χ0) is 34.2. The van der Waals surface area contributed by atoms with Crippen molar-refractivity contribution in [3.8, 4) is 0 Å². The summed E-state index contributed by atoms with van der Waals surface area (Å²) >= 11 is 0. The van der Waals surface area contributed by atoms with Crippen molar-refractivity contribution < 1.29 is 32.0 Å². The van der Waals surface area contributed by atoms with Crippen LogP contribution in [-0.4, -0.2) is 87.1 Å². The number of amides is 2. The number of nitrogens with one attached hydrogen (secondary N) is 2. The standard InChI is InChI=1S/C32H57N5O7Si2/c1-20(2)45(21(3)4)40-18-27-26(43-46(44-45,22(5)6)23(7)8)16-29(41-27)37-24(9)15-28(35-30(37)38)33-14-13-25-17-36(19-34-25)31(39)42-32(10,11)12/h15,17,19-23,26-29,33H,13-14,16,18H2,1-12H3,(H,35,38)/t26-,27+,28?,29+/m0/s1. The molecule has 4 rings (SSSR count). The number of hydrogen-bond acceptors (Lipinski definition) is 9. The normalized spacial score (nSPS) is 26.7. The fourth-order valence-electron chi connectivity index (χ4n) is 6.75. The van der Waals surface area contributed by atoms with E-state index in [9.17, 15) is 9.59 Å². The van der Waals surface area contributed by atoms with E-state index in [2.05, 4.69) is 71.0 Å². The largest absolute Gasteiger partial charge is 0.443 e. The first-order valence-electron chi connectivity index (χ1n) is 16.8. The summed E-state index contributed by atoms with van der Waals surface area (Å²) in [6, 6.07) is -0.229. The Morgan fingerprint density at radius 1 is 1.07 bits per heavy atom. The Hall–Kier alpha value is -2.08. The van der Waals surface area contributed by atoms with Gasteiger partial charge in [-0.3, -0.25) is 10.2 Å². The Labute approximate surface area is 277 Å². The molecule has 0 bridgehead atoms. The lowest BCUT2D eigenvalue weighted by Gasteiger charge is -2.51. The third-order valence-electron chi connectivity index (χ3n) is 9.09. The van der Waals surface area contributed by atoms with Crippen molar-refractivity contribution in [1.82, 2.24) is 25.1 Å². The zero-order valence-electron chi connectivity index (χ0n) is 29.9. The Morgan fingerprint density at radius 3 is 2.26 bits per heavy atom. The van der Waals surface area contributed by atoms with Crippen molar-refractivity contribution in [3.05, 3.63) is 30.0 Å². The van der Waals surface area contributed by atoms with Crippen LogP contribution in [0.1, 0.15) is 95.2 Å². The van der Waals surface area contributed by atoms with Gasteiger partial charge in [-0.25, -0.2) is 19.1 Å². The number of carbonyl (C=O) groups is 2. The van der Waals surface area contributed by atoms with Crippen molar-refractivity contribution in [2.75, 3.05) is 13.2 Å². The van der Waals surface area contributed by atoms with E-state index in [1.807, 2.05) is 33.8 Å². The van der Waals surface area contributed by atoms with Crippen LogP contribution in [0.15, 0.2) is 24.3 Å². The van der Waals surface area contributed by atoms with Crippen LogP contribution < -0.4 is 10.6 Å². The average Bonchev–Trinajstić information content (AvgIpc) is 3.54. The number of nitrogens with zero attached hydrogens (tertiary/aromatic N) is 3. The van der Waals surface area contributed by atoms with E-state index >= 15 is 0 Å². The molecule has 3 aliphatic rings. The topological polar surface area (TPSA) is 125 Å². The van der Waals surface area contributed by atoms with Crippen LogP contribution in [0.2, 0.25) is 22.2 Å². The van der Waals surface area contributed by atoms with Gasteiger partial charge in [-0.2, -0.15) is 0 Å². The summed E-state index contributed by atoms with van der Waals surface area (Å²) in [5, 5.41) is 6.41. The van der Waals surface area contributed by atoms with Crippen LogP contribution in [-0.2, 0) is 28.9 Å². The molecule has 1 aromatic rings. The van der Waals surface area contributed by atoms with Gasteiger partial charge in [-0.15, -0.1) is 0 Å². The Morgan fingerprint density at radius 2 is 1.70 bits per heavy atom. The fourth-order valence-corrected chi connectivity index (χ4v) is 18.0. The third kappa shape index (κ3) is 7.79. The first kappa shape index (κ1) is 36.8. The molecule has 2 N–H and O–H groups in total. The first-order chi connectivity index (χ1) is 21.4. The number of aromatic nitrogens is 2. The lowest BCUT2D eigenvalue weighted by Crippen LogP contribution is -2.65. The molecule has 0 aliphatic carbocycles. The van der Waals surface area contributed by atoms with Gasteiger partial charge in [0.15, 0.2) is 0 Å². The number of fused-ring (bicyclic) bond motifs is 1. The number of urea groups is 1. The van der Waals surface area contributed by atoms with Crippen molar-refractivity contribution in [2.24, 2.45) is 0 Å². The van der Waals surface area contributed by atoms with E-state index in [1.54, 1.807) is 11.1 Å². The van der Waals surface area contributed by atoms with Crippen LogP contribution in [0.25, 0.3) is 0 Å². The molecule has 46 heavy (non-hydrogen) atoms. The highest BCUT2D eigenvalue weighted by Crippen LogP contribution is 2.47. The molecule has 0 aromatic carbocycles. The van der Waals surface area contributed by atoms with Gasteiger partial charge in [-0.05, 0) is 55.9 Å². The van der Waals surface area contributed by atoms with Crippen molar-refractivity contribution in [2.45, 2.75) is 148 Å². The smallest absolute Gasteiger partial charge is 0.419 e. The molecule has 14 heteroatoms. The predicted molar refractivity (Wildman–Crippen MR) is 181 cm³/mol. The maximum atomic E-state index is 13.5. The molecule has 2 fully saturated rings. The lowest BCUT2D eigenvalue weighted by molar-refractivity contribution is -0.0655. The number of ether oxygens (including phenoxy) is 2. The summed E-state index contributed by atoms with van der Waals surface area (Å²) in [7, 11) is -5.44. The zero-order valence-corrected chi connectivity index (χ0v) is 31.9. The number of allylic oxidation sites excluding steroid dienone is 1. The highest BCUT2D eigenvalue weighted by Gasteiger charge is 2.60. The van der Waals surface area contributed by atoms with Crippen LogP contribution in [0.4, 0.5) is 9.59 Å². The van der Waals surface area contributed by atoms with Gasteiger partial charge in [-0.1, -0.05) is 55.4 Å². The molecule has 12 nitrogen and oxygen atoms in total. The summed E-state index contributed by atoms with van der Waals surface area (Å²) < 4.78 is 34.6. The van der Waals surface area contributed by atoms with Gasteiger partial charge in [0, 0.05) is 31.3 Å². The lowest BCUT2D eigenvalue weighted by atomic mass is 10.1. The number of hydrogen-bond donors (Lipinski definition) is 2. The van der Waals surface area contributed by atoms with E-state index in [0.717, 1.165) is 11.4 Å². The second-order valence-corrected chi connectivity index (χ2v) is 23.9.